The van der Waals surface area contributed by atoms with Crippen LogP contribution in [0.5, 0.6) is 0 Å². The molecule has 80 valence electrons. The van der Waals surface area contributed by atoms with Crippen LogP contribution in [0.4, 0.5) is 0 Å². The fourth-order valence-electron chi connectivity index (χ4n) is 0.947. The minimum atomic E-state index is 1.01. The predicted octanol–water partition coefficient (Wildman–Crippen LogP) is -0.454. The van der Waals surface area contributed by atoms with Crippen molar-refractivity contribution in [2.75, 3.05) is 61.4 Å². The van der Waals surface area contributed by atoms with Crippen LogP contribution < -0.4 is 5.43 Å². The topological polar surface area (TPSA) is 21.8 Å². The van der Waals surface area contributed by atoms with Gasteiger partial charge in [-0.25, -0.2) is 0 Å². The summed E-state index contributed by atoms with van der Waals surface area (Å²) in [5.74, 6) is 0. The fraction of sp³-hybridized carbons (Fsp3) is 1.00. The van der Waals surface area contributed by atoms with Crippen molar-refractivity contribution in [1.82, 2.24) is 20.2 Å². The molecule has 0 aliphatic heterocycles. The second-order valence-corrected chi connectivity index (χ2v) is 3.91. The molecule has 0 amide bonds. The van der Waals surface area contributed by atoms with Gasteiger partial charge in [-0.1, -0.05) is 0 Å². The summed E-state index contributed by atoms with van der Waals surface area (Å²) < 4.78 is 0. The van der Waals surface area contributed by atoms with Gasteiger partial charge < -0.3 is 9.80 Å². The van der Waals surface area contributed by atoms with Crippen molar-refractivity contribution in [2.24, 2.45) is 0 Å². The van der Waals surface area contributed by atoms with Crippen LogP contribution in [-0.4, -0.2) is 76.2 Å². The quantitative estimate of drug-likeness (QED) is 0.546. The number of rotatable bonds is 7. The standard InChI is InChI=1S/C9H24N4/c1-11(2)8-9-13(5)7-6-10-12(3)4/h10H,6-9H2,1-5H3. The summed E-state index contributed by atoms with van der Waals surface area (Å²) in [6.07, 6.45) is 0. The Labute approximate surface area is 82.5 Å². The van der Waals surface area contributed by atoms with Crippen LogP contribution in [0.3, 0.4) is 0 Å². The second-order valence-electron chi connectivity index (χ2n) is 3.91. The second kappa shape index (κ2) is 7.26. The molecule has 4 heteroatoms. The van der Waals surface area contributed by atoms with Crippen LogP contribution in [0.2, 0.25) is 0 Å². The van der Waals surface area contributed by atoms with Crippen molar-refractivity contribution >= 4 is 0 Å². The highest BCUT2D eigenvalue weighted by Gasteiger charge is 1.98. The van der Waals surface area contributed by atoms with E-state index in [0.29, 0.717) is 0 Å². The first-order chi connectivity index (χ1) is 6.02. The average Bonchev–Trinajstić information content (AvgIpc) is 2.00. The molecule has 0 bridgehead atoms. The first-order valence-corrected chi connectivity index (χ1v) is 4.76. The summed E-state index contributed by atoms with van der Waals surface area (Å²) in [7, 11) is 10.4. The normalized spacial score (nSPS) is 12.0. The number of nitrogens with zero attached hydrogens (tertiary/aromatic N) is 3. The average molecular weight is 188 g/mol. The van der Waals surface area contributed by atoms with E-state index in [1.807, 2.05) is 19.1 Å². The van der Waals surface area contributed by atoms with Crippen LogP contribution in [-0.2, 0) is 0 Å². The SMILES string of the molecule is CN(C)CCN(C)CCNN(C)C. The van der Waals surface area contributed by atoms with E-state index in [0.717, 1.165) is 26.2 Å². The molecular formula is C9H24N4. The summed E-state index contributed by atoms with van der Waals surface area (Å²) in [5.41, 5.74) is 3.24. The third kappa shape index (κ3) is 9.76. The summed E-state index contributed by atoms with van der Waals surface area (Å²) in [6, 6.07) is 0. The van der Waals surface area contributed by atoms with Crippen LogP contribution >= 0.6 is 0 Å². The van der Waals surface area contributed by atoms with Crippen LogP contribution in [0.25, 0.3) is 0 Å². The third-order valence-corrected chi connectivity index (χ3v) is 1.85. The molecule has 0 saturated carbocycles. The first kappa shape index (κ1) is 12.8. The number of hydrogen-bond acceptors (Lipinski definition) is 4. The zero-order valence-electron chi connectivity index (χ0n) is 9.67. The molecule has 0 aromatic rings. The summed E-state index contributed by atoms with van der Waals surface area (Å²) in [6.45, 7) is 4.35. The van der Waals surface area contributed by atoms with Crippen LogP contribution in [0.15, 0.2) is 0 Å². The minimum Gasteiger partial charge on any atom is -0.308 e. The van der Waals surface area contributed by atoms with Gasteiger partial charge >= 0.3 is 0 Å². The van der Waals surface area contributed by atoms with E-state index in [1.165, 1.54) is 0 Å². The molecule has 0 aromatic heterocycles. The third-order valence-electron chi connectivity index (χ3n) is 1.85. The van der Waals surface area contributed by atoms with Gasteiger partial charge in [-0.15, -0.1) is 0 Å². The number of likely N-dealkylation sites (N-methyl/N-ethyl adjacent to an activating group) is 2. The Hall–Kier alpha value is -0.160. The van der Waals surface area contributed by atoms with E-state index in [-0.39, 0.29) is 0 Å². The molecule has 1 N–H and O–H groups in total. The smallest absolute Gasteiger partial charge is 0.0230 e. The zero-order valence-corrected chi connectivity index (χ0v) is 9.67. The maximum absolute atomic E-state index is 3.24. The molecule has 4 nitrogen and oxygen atoms in total. The van der Waals surface area contributed by atoms with Gasteiger partial charge in [-0.05, 0) is 21.1 Å². The molecule has 0 heterocycles. The maximum atomic E-state index is 3.24. The summed E-state index contributed by atoms with van der Waals surface area (Å²) >= 11 is 0. The molecule has 0 fully saturated rings. The van der Waals surface area contributed by atoms with Crippen molar-refractivity contribution in [1.29, 1.82) is 0 Å². The molecule has 13 heavy (non-hydrogen) atoms. The monoisotopic (exact) mass is 188 g/mol. The Morgan fingerprint density at radius 2 is 1.46 bits per heavy atom. The zero-order chi connectivity index (χ0) is 10.3. The molecule has 0 spiro atoms. The van der Waals surface area contributed by atoms with E-state index in [9.17, 15) is 0 Å². The van der Waals surface area contributed by atoms with Gasteiger partial charge in [-0.3, -0.25) is 10.4 Å². The molecule has 0 radical (unpaired) electrons. The predicted molar refractivity (Wildman–Crippen MR) is 57.7 cm³/mol. The van der Waals surface area contributed by atoms with Crippen molar-refractivity contribution in [2.45, 2.75) is 0 Å². The Bertz CT molecular complexity index is 114. The summed E-state index contributed by atoms with van der Waals surface area (Å²) in [5, 5.41) is 1.99. The van der Waals surface area contributed by atoms with E-state index in [4.69, 9.17) is 0 Å². The number of nitrogens with one attached hydrogen (secondary N) is 1. The Morgan fingerprint density at radius 3 is 1.92 bits per heavy atom. The van der Waals surface area contributed by atoms with Crippen molar-refractivity contribution < 1.29 is 0 Å². The molecule has 0 aromatic carbocycles. The van der Waals surface area contributed by atoms with Gasteiger partial charge in [-0.2, -0.15) is 0 Å². The van der Waals surface area contributed by atoms with Gasteiger partial charge in [0.15, 0.2) is 0 Å². The highest BCUT2D eigenvalue weighted by molar-refractivity contribution is 4.54. The van der Waals surface area contributed by atoms with Crippen LogP contribution in [0.1, 0.15) is 0 Å². The van der Waals surface area contributed by atoms with Crippen LogP contribution in [0, 0.1) is 0 Å². The van der Waals surface area contributed by atoms with E-state index < -0.39 is 0 Å². The number of hydrazine groups is 1. The van der Waals surface area contributed by atoms with Crippen molar-refractivity contribution in [3.05, 3.63) is 0 Å². The molecule has 0 aliphatic rings. The Morgan fingerprint density at radius 1 is 0.846 bits per heavy atom. The fourth-order valence-corrected chi connectivity index (χ4v) is 0.947. The van der Waals surface area contributed by atoms with E-state index >= 15 is 0 Å². The minimum absolute atomic E-state index is 1.01. The van der Waals surface area contributed by atoms with Gasteiger partial charge in [0.2, 0.25) is 0 Å². The molecule has 0 atom stereocenters. The van der Waals surface area contributed by atoms with Gasteiger partial charge in [0.05, 0.1) is 0 Å². The molecular weight excluding hydrogens is 164 g/mol. The summed E-state index contributed by atoms with van der Waals surface area (Å²) in [4.78, 5) is 4.53. The lowest BCUT2D eigenvalue weighted by molar-refractivity contribution is 0.238. The van der Waals surface area contributed by atoms with E-state index in [1.54, 1.807) is 0 Å². The maximum Gasteiger partial charge on any atom is 0.0230 e. The highest BCUT2D eigenvalue weighted by Crippen LogP contribution is 1.82. The lowest BCUT2D eigenvalue weighted by Crippen LogP contribution is -2.38. The first-order valence-electron chi connectivity index (χ1n) is 4.76. The molecule has 0 rings (SSSR count). The number of hydrogen-bond donors (Lipinski definition) is 1. The lowest BCUT2D eigenvalue weighted by Gasteiger charge is -2.20. The van der Waals surface area contributed by atoms with Gasteiger partial charge in [0.1, 0.15) is 0 Å². The molecule has 0 saturated heterocycles. The lowest BCUT2D eigenvalue weighted by atomic mass is 10.5. The molecule has 0 aliphatic carbocycles. The highest BCUT2D eigenvalue weighted by atomic mass is 15.5. The van der Waals surface area contributed by atoms with Gasteiger partial charge in [0, 0.05) is 40.3 Å². The van der Waals surface area contributed by atoms with Crippen molar-refractivity contribution in [3.8, 4) is 0 Å². The Kier molecular flexibility index (Phi) is 7.17. The van der Waals surface area contributed by atoms with E-state index in [2.05, 4.69) is 36.4 Å². The Balaban J connectivity index is 3.25. The van der Waals surface area contributed by atoms with Gasteiger partial charge in [0.25, 0.3) is 0 Å². The largest absolute Gasteiger partial charge is 0.308 e. The van der Waals surface area contributed by atoms with Crippen molar-refractivity contribution in [3.63, 3.8) is 0 Å². The molecule has 0 unspecified atom stereocenters.